The molecule has 3 N–H and O–H groups in total. The molecule has 0 aliphatic carbocycles. The van der Waals surface area contributed by atoms with E-state index in [4.69, 9.17) is 5.73 Å². The van der Waals surface area contributed by atoms with Crippen molar-refractivity contribution in [2.45, 2.75) is 53.1 Å². The SMILES string of the molecule is Cc1ccccc1C(C)NC(=O)CC(N)C(C)(C)C. The van der Waals surface area contributed by atoms with Gasteiger partial charge in [0.25, 0.3) is 0 Å². The van der Waals surface area contributed by atoms with Gasteiger partial charge in [-0.15, -0.1) is 0 Å². The van der Waals surface area contributed by atoms with E-state index in [1.165, 1.54) is 5.56 Å². The normalized spacial score (nSPS) is 14.8. The van der Waals surface area contributed by atoms with Crippen LogP contribution in [0, 0.1) is 12.3 Å². The highest BCUT2D eigenvalue weighted by atomic mass is 16.1. The molecule has 0 bridgehead atoms. The Morgan fingerprint density at radius 1 is 1.32 bits per heavy atom. The average molecular weight is 262 g/mol. The predicted octanol–water partition coefficient (Wildman–Crippen LogP) is 2.94. The molecular weight excluding hydrogens is 236 g/mol. The van der Waals surface area contributed by atoms with Crippen LogP contribution in [0.3, 0.4) is 0 Å². The van der Waals surface area contributed by atoms with Crippen molar-refractivity contribution in [1.82, 2.24) is 5.32 Å². The Bertz CT molecular complexity index is 435. The third-order valence-corrected chi connectivity index (χ3v) is 3.55. The van der Waals surface area contributed by atoms with Gasteiger partial charge in [-0.3, -0.25) is 4.79 Å². The van der Waals surface area contributed by atoms with Crippen LogP contribution in [0.4, 0.5) is 0 Å². The van der Waals surface area contributed by atoms with Gasteiger partial charge in [0.05, 0.1) is 6.04 Å². The summed E-state index contributed by atoms with van der Waals surface area (Å²) in [5.74, 6) is 0.0122. The zero-order chi connectivity index (χ0) is 14.6. The van der Waals surface area contributed by atoms with E-state index in [9.17, 15) is 4.79 Å². The molecule has 0 aliphatic heterocycles. The van der Waals surface area contributed by atoms with Crippen molar-refractivity contribution < 1.29 is 4.79 Å². The Morgan fingerprint density at radius 3 is 2.42 bits per heavy atom. The zero-order valence-electron chi connectivity index (χ0n) is 12.7. The standard InChI is InChI=1S/C16H26N2O/c1-11-8-6-7-9-13(11)12(2)18-15(19)10-14(17)16(3,4)5/h6-9,12,14H,10,17H2,1-5H3,(H,18,19). The Kier molecular flexibility index (Phi) is 5.12. The van der Waals surface area contributed by atoms with Gasteiger partial charge < -0.3 is 11.1 Å². The van der Waals surface area contributed by atoms with E-state index >= 15 is 0 Å². The van der Waals surface area contributed by atoms with Crippen molar-refractivity contribution in [3.63, 3.8) is 0 Å². The molecule has 1 amide bonds. The molecule has 0 aromatic heterocycles. The fourth-order valence-corrected chi connectivity index (χ4v) is 1.96. The molecule has 1 aromatic carbocycles. The topological polar surface area (TPSA) is 55.1 Å². The number of hydrogen-bond donors (Lipinski definition) is 2. The first kappa shape index (κ1) is 15.7. The van der Waals surface area contributed by atoms with Gasteiger partial charge in [0.2, 0.25) is 5.91 Å². The maximum atomic E-state index is 12.0. The van der Waals surface area contributed by atoms with Crippen LogP contribution in [0.5, 0.6) is 0 Å². The zero-order valence-corrected chi connectivity index (χ0v) is 12.7. The summed E-state index contributed by atoms with van der Waals surface area (Å²) in [5, 5.41) is 3.02. The van der Waals surface area contributed by atoms with Crippen LogP contribution in [-0.4, -0.2) is 11.9 Å². The van der Waals surface area contributed by atoms with Gasteiger partial charge in [0.15, 0.2) is 0 Å². The number of aryl methyl sites for hydroxylation is 1. The van der Waals surface area contributed by atoms with E-state index in [1.54, 1.807) is 0 Å². The molecule has 0 spiro atoms. The number of benzene rings is 1. The minimum atomic E-state index is -0.128. The summed E-state index contributed by atoms with van der Waals surface area (Å²) in [6.07, 6.45) is 0.361. The highest BCUT2D eigenvalue weighted by molar-refractivity contribution is 5.77. The summed E-state index contributed by atoms with van der Waals surface area (Å²) in [4.78, 5) is 12.0. The number of amides is 1. The van der Waals surface area contributed by atoms with Crippen molar-refractivity contribution in [1.29, 1.82) is 0 Å². The number of hydrogen-bond acceptors (Lipinski definition) is 2. The van der Waals surface area contributed by atoms with Crippen LogP contribution in [0.2, 0.25) is 0 Å². The van der Waals surface area contributed by atoms with E-state index in [0.29, 0.717) is 6.42 Å². The molecule has 19 heavy (non-hydrogen) atoms. The maximum absolute atomic E-state index is 12.0. The lowest BCUT2D eigenvalue weighted by Crippen LogP contribution is -2.40. The van der Waals surface area contributed by atoms with Crippen LogP contribution in [-0.2, 0) is 4.79 Å². The molecule has 1 aromatic rings. The van der Waals surface area contributed by atoms with E-state index < -0.39 is 0 Å². The molecule has 2 atom stereocenters. The second kappa shape index (κ2) is 6.20. The van der Waals surface area contributed by atoms with Gasteiger partial charge in [-0.05, 0) is 30.4 Å². The van der Waals surface area contributed by atoms with Crippen molar-refractivity contribution >= 4 is 5.91 Å². The van der Waals surface area contributed by atoms with E-state index in [1.807, 2.05) is 25.1 Å². The molecule has 3 nitrogen and oxygen atoms in total. The lowest BCUT2D eigenvalue weighted by Gasteiger charge is -2.27. The molecule has 0 radical (unpaired) electrons. The molecule has 106 valence electrons. The summed E-state index contributed by atoms with van der Waals surface area (Å²) < 4.78 is 0. The largest absolute Gasteiger partial charge is 0.350 e. The maximum Gasteiger partial charge on any atom is 0.222 e. The van der Waals surface area contributed by atoms with E-state index in [-0.39, 0.29) is 23.4 Å². The molecule has 2 unspecified atom stereocenters. The molecule has 0 fully saturated rings. The fraction of sp³-hybridized carbons (Fsp3) is 0.562. The lowest BCUT2D eigenvalue weighted by molar-refractivity contribution is -0.122. The lowest BCUT2D eigenvalue weighted by atomic mass is 9.85. The Balaban J connectivity index is 2.61. The quantitative estimate of drug-likeness (QED) is 0.876. The first-order chi connectivity index (χ1) is 8.71. The smallest absolute Gasteiger partial charge is 0.222 e. The van der Waals surface area contributed by atoms with Gasteiger partial charge in [0, 0.05) is 12.5 Å². The van der Waals surface area contributed by atoms with Crippen LogP contribution in [0.25, 0.3) is 0 Å². The Labute approximate surface area is 116 Å². The minimum Gasteiger partial charge on any atom is -0.350 e. The molecule has 0 saturated heterocycles. The van der Waals surface area contributed by atoms with Crippen molar-refractivity contribution in [3.8, 4) is 0 Å². The van der Waals surface area contributed by atoms with Crippen molar-refractivity contribution in [2.24, 2.45) is 11.1 Å². The van der Waals surface area contributed by atoms with Crippen molar-refractivity contribution in [3.05, 3.63) is 35.4 Å². The number of nitrogens with one attached hydrogen (secondary N) is 1. The van der Waals surface area contributed by atoms with E-state index in [0.717, 1.165) is 5.56 Å². The summed E-state index contributed by atoms with van der Waals surface area (Å²) in [7, 11) is 0. The molecule has 0 heterocycles. The van der Waals surface area contributed by atoms with Gasteiger partial charge in [0.1, 0.15) is 0 Å². The first-order valence-electron chi connectivity index (χ1n) is 6.82. The second-order valence-corrected chi connectivity index (χ2v) is 6.32. The van der Waals surface area contributed by atoms with Gasteiger partial charge in [-0.25, -0.2) is 0 Å². The Morgan fingerprint density at radius 2 is 1.89 bits per heavy atom. The van der Waals surface area contributed by atoms with Crippen LogP contribution in [0.1, 0.15) is 51.3 Å². The summed E-state index contributed by atoms with van der Waals surface area (Å²) >= 11 is 0. The summed E-state index contributed by atoms with van der Waals surface area (Å²) in [6.45, 7) is 10.2. The summed E-state index contributed by atoms with van der Waals surface area (Å²) in [6, 6.07) is 7.98. The highest BCUT2D eigenvalue weighted by Crippen LogP contribution is 2.21. The molecule has 0 saturated carbocycles. The van der Waals surface area contributed by atoms with Crippen molar-refractivity contribution in [2.75, 3.05) is 0 Å². The Hall–Kier alpha value is -1.35. The van der Waals surface area contributed by atoms with Gasteiger partial charge in [-0.1, -0.05) is 45.0 Å². The number of nitrogens with two attached hydrogens (primary N) is 1. The fourth-order valence-electron chi connectivity index (χ4n) is 1.96. The number of carbonyl (C=O) groups excluding carboxylic acids is 1. The molecule has 0 aliphatic rings. The molecule has 1 rings (SSSR count). The number of rotatable bonds is 4. The van der Waals surface area contributed by atoms with Crippen LogP contribution >= 0.6 is 0 Å². The van der Waals surface area contributed by atoms with Gasteiger partial charge in [-0.2, -0.15) is 0 Å². The third kappa shape index (κ3) is 4.67. The summed E-state index contributed by atoms with van der Waals surface area (Å²) in [5.41, 5.74) is 8.33. The predicted molar refractivity (Wildman–Crippen MR) is 79.8 cm³/mol. The van der Waals surface area contributed by atoms with E-state index in [2.05, 4.69) is 39.1 Å². The van der Waals surface area contributed by atoms with Gasteiger partial charge >= 0.3 is 0 Å². The minimum absolute atomic E-state index is 0.0122. The monoisotopic (exact) mass is 262 g/mol. The third-order valence-electron chi connectivity index (χ3n) is 3.55. The average Bonchev–Trinajstić information content (AvgIpc) is 2.27. The molecular formula is C16H26N2O. The number of carbonyl (C=O) groups is 1. The second-order valence-electron chi connectivity index (χ2n) is 6.32. The van der Waals surface area contributed by atoms with Crippen LogP contribution in [0.15, 0.2) is 24.3 Å². The highest BCUT2D eigenvalue weighted by Gasteiger charge is 2.23. The first-order valence-corrected chi connectivity index (χ1v) is 6.82. The molecule has 3 heteroatoms. The van der Waals surface area contributed by atoms with Crippen LogP contribution < -0.4 is 11.1 Å².